The van der Waals surface area contributed by atoms with Crippen LogP contribution in [0.25, 0.3) is 0 Å². The number of hydrogen-bond donors (Lipinski definition) is 1. The van der Waals surface area contributed by atoms with Crippen molar-refractivity contribution in [3.63, 3.8) is 0 Å². The van der Waals surface area contributed by atoms with E-state index in [-0.39, 0.29) is 6.10 Å². The Morgan fingerprint density at radius 1 is 1.35 bits per heavy atom. The molecule has 20 heavy (non-hydrogen) atoms. The van der Waals surface area contributed by atoms with Gasteiger partial charge in [0, 0.05) is 35.6 Å². The van der Waals surface area contributed by atoms with Gasteiger partial charge >= 0.3 is 0 Å². The van der Waals surface area contributed by atoms with Crippen molar-refractivity contribution in [3.05, 3.63) is 33.8 Å². The molecular formula is C15H21Cl2NO2. The molecule has 2 rings (SSSR count). The van der Waals surface area contributed by atoms with Crippen LogP contribution in [0.15, 0.2) is 18.2 Å². The van der Waals surface area contributed by atoms with Crippen LogP contribution in [0.1, 0.15) is 19.4 Å². The highest BCUT2D eigenvalue weighted by Crippen LogP contribution is 2.27. The van der Waals surface area contributed by atoms with Crippen LogP contribution in [0.2, 0.25) is 10.0 Å². The van der Waals surface area contributed by atoms with Crippen LogP contribution < -0.4 is 0 Å². The van der Waals surface area contributed by atoms with E-state index in [9.17, 15) is 5.11 Å². The monoisotopic (exact) mass is 317 g/mol. The average molecular weight is 318 g/mol. The summed E-state index contributed by atoms with van der Waals surface area (Å²) in [7, 11) is 0. The zero-order chi connectivity index (χ0) is 14.7. The lowest BCUT2D eigenvalue weighted by Gasteiger charge is -2.37. The van der Waals surface area contributed by atoms with E-state index in [2.05, 4.69) is 18.7 Å². The highest BCUT2D eigenvalue weighted by molar-refractivity contribution is 6.35. The molecule has 2 atom stereocenters. The maximum Gasteiger partial charge on any atom is 0.0964 e. The van der Waals surface area contributed by atoms with Crippen molar-refractivity contribution in [3.8, 4) is 0 Å². The summed E-state index contributed by atoms with van der Waals surface area (Å²) >= 11 is 12.3. The fourth-order valence-electron chi connectivity index (χ4n) is 2.47. The van der Waals surface area contributed by atoms with Crippen molar-refractivity contribution in [1.29, 1.82) is 0 Å². The minimum atomic E-state index is -0.603. The molecule has 0 bridgehead atoms. The van der Waals surface area contributed by atoms with E-state index in [1.54, 1.807) is 18.2 Å². The first-order chi connectivity index (χ1) is 9.49. The number of halogens is 2. The first-order valence-electron chi connectivity index (χ1n) is 6.95. The predicted octanol–water partition coefficient (Wildman–Crippen LogP) is 3.01. The van der Waals surface area contributed by atoms with Crippen molar-refractivity contribution in [2.75, 3.05) is 19.7 Å². The molecule has 0 radical (unpaired) electrons. The standard InChI is InChI=1S/C15H21Cl2NO2/c1-10(2)18-6-7-20-15(9-18)14(19)8-11-12(16)4-3-5-13(11)17/h3-5,10,14-15,19H,6-9H2,1-2H3. The molecule has 0 saturated carbocycles. The molecule has 3 nitrogen and oxygen atoms in total. The zero-order valence-corrected chi connectivity index (χ0v) is 13.4. The summed E-state index contributed by atoms with van der Waals surface area (Å²) in [4.78, 5) is 2.31. The second-order valence-electron chi connectivity index (χ2n) is 5.47. The topological polar surface area (TPSA) is 32.7 Å². The highest BCUT2D eigenvalue weighted by Gasteiger charge is 2.28. The Morgan fingerprint density at radius 3 is 2.60 bits per heavy atom. The van der Waals surface area contributed by atoms with Gasteiger partial charge in [-0.25, -0.2) is 0 Å². The number of aliphatic hydroxyl groups excluding tert-OH is 1. The van der Waals surface area contributed by atoms with Crippen molar-refractivity contribution >= 4 is 23.2 Å². The van der Waals surface area contributed by atoms with Crippen molar-refractivity contribution < 1.29 is 9.84 Å². The molecule has 1 fully saturated rings. The molecule has 0 amide bonds. The van der Waals surface area contributed by atoms with Crippen molar-refractivity contribution in [1.82, 2.24) is 4.90 Å². The molecular weight excluding hydrogens is 297 g/mol. The first-order valence-corrected chi connectivity index (χ1v) is 7.71. The van der Waals surface area contributed by atoms with Gasteiger partial charge in [0.1, 0.15) is 0 Å². The molecule has 1 N–H and O–H groups in total. The van der Waals surface area contributed by atoms with Crippen molar-refractivity contribution in [2.24, 2.45) is 0 Å². The second-order valence-corrected chi connectivity index (χ2v) is 6.28. The van der Waals surface area contributed by atoms with Crippen LogP contribution in [0.5, 0.6) is 0 Å². The van der Waals surface area contributed by atoms with E-state index in [1.807, 2.05) is 0 Å². The molecule has 1 saturated heterocycles. The van der Waals surface area contributed by atoms with Crippen LogP contribution >= 0.6 is 23.2 Å². The van der Waals surface area contributed by atoms with Crippen LogP contribution in [-0.2, 0) is 11.2 Å². The van der Waals surface area contributed by atoms with Crippen LogP contribution in [0, 0.1) is 0 Å². The number of rotatable bonds is 4. The van der Waals surface area contributed by atoms with E-state index in [0.29, 0.717) is 29.1 Å². The van der Waals surface area contributed by atoms with E-state index in [1.165, 1.54) is 0 Å². The number of nitrogens with zero attached hydrogens (tertiary/aromatic N) is 1. The Hall–Kier alpha value is -0.320. The first kappa shape index (κ1) is 16.1. The quantitative estimate of drug-likeness (QED) is 0.926. The van der Waals surface area contributed by atoms with Gasteiger partial charge in [0.15, 0.2) is 0 Å². The molecule has 0 spiro atoms. The minimum absolute atomic E-state index is 0.196. The maximum absolute atomic E-state index is 10.4. The lowest BCUT2D eigenvalue weighted by atomic mass is 10.0. The molecule has 1 heterocycles. The normalized spacial score (nSPS) is 22.2. The van der Waals surface area contributed by atoms with Gasteiger partial charge in [-0.2, -0.15) is 0 Å². The fraction of sp³-hybridized carbons (Fsp3) is 0.600. The molecule has 2 unspecified atom stereocenters. The van der Waals surface area contributed by atoms with Crippen LogP contribution in [-0.4, -0.2) is 48.0 Å². The summed E-state index contributed by atoms with van der Waals surface area (Å²) in [5.74, 6) is 0. The number of aliphatic hydroxyl groups is 1. The molecule has 1 aromatic rings. The van der Waals surface area contributed by atoms with Gasteiger partial charge in [-0.1, -0.05) is 29.3 Å². The van der Waals surface area contributed by atoms with E-state index in [4.69, 9.17) is 27.9 Å². The third-order valence-corrected chi connectivity index (χ3v) is 4.47. The zero-order valence-electron chi connectivity index (χ0n) is 11.9. The lowest BCUT2D eigenvalue weighted by Crippen LogP contribution is -2.50. The third kappa shape index (κ3) is 3.86. The molecule has 112 valence electrons. The van der Waals surface area contributed by atoms with Gasteiger partial charge in [0.25, 0.3) is 0 Å². The Morgan fingerprint density at radius 2 is 2.00 bits per heavy atom. The van der Waals surface area contributed by atoms with Crippen molar-refractivity contribution in [2.45, 2.75) is 38.5 Å². The number of hydrogen-bond acceptors (Lipinski definition) is 3. The van der Waals surface area contributed by atoms with Gasteiger partial charge in [-0.15, -0.1) is 0 Å². The molecule has 1 aliphatic rings. The van der Waals surface area contributed by atoms with E-state index < -0.39 is 6.10 Å². The van der Waals surface area contributed by atoms with E-state index in [0.717, 1.165) is 18.7 Å². The molecule has 0 aliphatic carbocycles. The summed E-state index contributed by atoms with van der Waals surface area (Å²) < 4.78 is 5.69. The molecule has 1 aliphatic heterocycles. The summed E-state index contributed by atoms with van der Waals surface area (Å²) in [6.07, 6.45) is -0.387. The van der Waals surface area contributed by atoms with E-state index >= 15 is 0 Å². The number of ether oxygens (including phenoxy) is 1. The molecule has 5 heteroatoms. The summed E-state index contributed by atoms with van der Waals surface area (Å²) in [6, 6.07) is 5.84. The van der Waals surface area contributed by atoms with Crippen LogP contribution in [0.4, 0.5) is 0 Å². The Balaban J connectivity index is 2.02. The van der Waals surface area contributed by atoms with Crippen LogP contribution in [0.3, 0.4) is 0 Å². The fourth-order valence-corrected chi connectivity index (χ4v) is 3.02. The Bertz CT molecular complexity index is 433. The van der Waals surface area contributed by atoms with Gasteiger partial charge in [0.05, 0.1) is 18.8 Å². The number of morpholine rings is 1. The predicted molar refractivity (Wildman–Crippen MR) is 82.6 cm³/mol. The smallest absolute Gasteiger partial charge is 0.0964 e. The number of benzene rings is 1. The SMILES string of the molecule is CC(C)N1CCOC(C(O)Cc2c(Cl)cccc2Cl)C1. The second kappa shape index (κ2) is 7.10. The average Bonchev–Trinajstić information content (AvgIpc) is 2.43. The largest absolute Gasteiger partial charge is 0.390 e. The molecule has 1 aromatic carbocycles. The molecule has 0 aromatic heterocycles. The summed E-state index contributed by atoms with van der Waals surface area (Å²) in [5.41, 5.74) is 0.786. The summed E-state index contributed by atoms with van der Waals surface area (Å²) in [6.45, 7) is 6.60. The Labute approximate surface area is 130 Å². The van der Waals surface area contributed by atoms with Gasteiger partial charge in [0.2, 0.25) is 0 Å². The third-order valence-electron chi connectivity index (χ3n) is 3.76. The van der Waals surface area contributed by atoms with Gasteiger partial charge in [-0.05, 0) is 31.5 Å². The van der Waals surface area contributed by atoms with Gasteiger partial charge < -0.3 is 9.84 Å². The van der Waals surface area contributed by atoms with Gasteiger partial charge in [-0.3, -0.25) is 4.90 Å². The summed E-state index contributed by atoms with van der Waals surface area (Å²) in [5, 5.41) is 11.6. The highest BCUT2D eigenvalue weighted by atomic mass is 35.5. The Kier molecular flexibility index (Phi) is 5.70. The maximum atomic E-state index is 10.4. The lowest BCUT2D eigenvalue weighted by molar-refractivity contribution is -0.0940. The minimum Gasteiger partial charge on any atom is -0.390 e.